The summed E-state index contributed by atoms with van der Waals surface area (Å²) in [6.07, 6.45) is 3.05. The van der Waals surface area contributed by atoms with Gasteiger partial charge in [-0.05, 0) is 56.7 Å². The van der Waals surface area contributed by atoms with Crippen molar-refractivity contribution in [3.63, 3.8) is 0 Å². The van der Waals surface area contributed by atoms with Gasteiger partial charge in [-0.3, -0.25) is 4.79 Å². The third kappa shape index (κ3) is 4.29. The van der Waals surface area contributed by atoms with E-state index in [-0.39, 0.29) is 29.4 Å². The quantitative estimate of drug-likeness (QED) is 0.388. The number of aryl methyl sites for hydroxylation is 1. The Morgan fingerprint density at radius 3 is 2.35 bits per heavy atom. The van der Waals surface area contributed by atoms with Crippen LogP contribution in [-0.4, -0.2) is 20.7 Å². The van der Waals surface area contributed by atoms with Gasteiger partial charge in [0.2, 0.25) is 0 Å². The molecule has 0 aliphatic carbocycles. The first-order chi connectivity index (χ1) is 16.2. The van der Waals surface area contributed by atoms with Crippen LogP contribution in [0.3, 0.4) is 0 Å². The van der Waals surface area contributed by atoms with Crippen LogP contribution in [0.5, 0.6) is 0 Å². The first-order valence-electron chi connectivity index (χ1n) is 12.4. The number of ketones is 1. The van der Waals surface area contributed by atoms with E-state index in [2.05, 4.69) is 69.4 Å². The number of benzene rings is 2. The molecule has 2 heterocycles. The molecule has 0 bridgehead atoms. The van der Waals surface area contributed by atoms with Crippen LogP contribution in [0.4, 0.5) is 5.82 Å². The second kappa shape index (κ2) is 9.38. The Hall–Kier alpha value is -2.92. The van der Waals surface area contributed by atoms with E-state index in [1.165, 1.54) is 5.56 Å². The first kappa shape index (κ1) is 24.2. The van der Waals surface area contributed by atoms with Crippen molar-refractivity contribution < 1.29 is 9.90 Å². The van der Waals surface area contributed by atoms with Crippen molar-refractivity contribution in [2.45, 2.75) is 83.9 Å². The monoisotopic (exact) mass is 459 g/mol. The van der Waals surface area contributed by atoms with Gasteiger partial charge in [0.25, 0.3) is 0 Å². The second-order valence-electron chi connectivity index (χ2n) is 10.3. The summed E-state index contributed by atoms with van der Waals surface area (Å²) < 4.78 is 2.02. The van der Waals surface area contributed by atoms with E-state index in [1.54, 1.807) is 0 Å². The van der Waals surface area contributed by atoms with E-state index < -0.39 is 0 Å². The highest BCUT2D eigenvalue weighted by Gasteiger charge is 2.39. The number of hydrogen-bond donors (Lipinski definition) is 2. The van der Waals surface area contributed by atoms with Gasteiger partial charge in [-0.15, -0.1) is 0 Å². The summed E-state index contributed by atoms with van der Waals surface area (Å²) >= 11 is 0. The minimum Gasteiger partial charge on any atom is -0.392 e. The molecule has 1 aliphatic heterocycles. The zero-order chi connectivity index (χ0) is 24.5. The van der Waals surface area contributed by atoms with Crippen LogP contribution in [0.1, 0.15) is 92.2 Å². The predicted molar refractivity (Wildman–Crippen MR) is 137 cm³/mol. The highest BCUT2D eigenvalue weighted by atomic mass is 16.3. The number of aromatic nitrogens is 2. The zero-order valence-electron chi connectivity index (χ0n) is 21.1. The number of nitrogens with zero attached hydrogens (tertiary/aromatic N) is 2. The molecule has 1 aliphatic rings. The van der Waals surface area contributed by atoms with Crippen LogP contribution < -0.4 is 5.32 Å². The van der Waals surface area contributed by atoms with Crippen molar-refractivity contribution in [3.05, 3.63) is 82.5 Å². The molecule has 0 radical (unpaired) electrons. The topological polar surface area (TPSA) is 67.2 Å². The van der Waals surface area contributed by atoms with Crippen molar-refractivity contribution in [2.24, 2.45) is 0 Å². The Labute approximate surface area is 203 Å². The summed E-state index contributed by atoms with van der Waals surface area (Å²) in [5.74, 6) is 0.968. The van der Waals surface area contributed by atoms with Crippen LogP contribution in [0.25, 0.3) is 0 Å². The summed E-state index contributed by atoms with van der Waals surface area (Å²) in [4.78, 5) is 13.9. The molecule has 0 saturated heterocycles. The normalized spacial score (nSPS) is 17.2. The number of carbonyl (C=O) groups is 1. The molecule has 2 aromatic carbocycles. The van der Waals surface area contributed by atoms with Crippen LogP contribution >= 0.6 is 0 Å². The molecule has 0 fully saturated rings. The Morgan fingerprint density at radius 2 is 1.76 bits per heavy atom. The van der Waals surface area contributed by atoms with Gasteiger partial charge < -0.3 is 10.4 Å². The Morgan fingerprint density at radius 1 is 1.12 bits per heavy atom. The number of aliphatic hydroxyl groups is 1. The van der Waals surface area contributed by atoms with E-state index in [9.17, 15) is 9.90 Å². The number of aliphatic hydroxyl groups excluding tert-OH is 1. The van der Waals surface area contributed by atoms with Gasteiger partial charge in [-0.2, -0.15) is 5.10 Å². The number of hydrogen-bond acceptors (Lipinski definition) is 4. The number of anilines is 1. The van der Waals surface area contributed by atoms with E-state index in [0.717, 1.165) is 41.9 Å². The third-order valence-electron chi connectivity index (χ3n) is 7.73. The average Bonchev–Trinajstić information content (AvgIpc) is 3.20. The molecule has 1 aromatic heterocycles. The molecular weight excluding hydrogens is 422 g/mol. The second-order valence-corrected chi connectivity index (χ2v) is 10.3. The predicted octanol–water partition coefficient (Wildman–Crippen LogP) is 6.31. The average molecular weight is 460 g/mol. The van der Waals surface area contributed by atoms with Crippen molar-refractivity contribution in [3.8, 4) is 0 Å². The zero-order valence-corrected chi connectivity index (χ0v) is 21.1. The third-order valence-corrected chi connectivity index (χ3v) is 7.73. The van der Waals surface area contributed by atoms with Gasteiger partial charge in [-0.1, -0.05) is 68.4 Å². The largest absolute Gasteiger partial charge is 0.392 e. The lowest BCUT2D eigenvalue weighted by Crippen LogP contribution is -2.38. The highest BCUT2D eigenvalue weighted by molar-refractivity contribution is 6.02. The van der Waals surface area contributed by atoms with E-state index in [4.69, 9.17) is 5.10 Å². The molecule has 5 heteroatoms. The number of carbonyl (C=O) groups excluding carboxylic acids is 1. The molecular formula is C29H37N3O2. The summed E-state index contributed by atoms with van der Waals surface area (Å²) in [7, 11) is 0. The molecule has 5 nitrogen and oxygen atoms in total. The Kier molecular flexibility index (Phi) is 6.68. The highest BCUT2D eigenvalue weighted by Crippen LogP contribution is 2.43. The van der Waals surface area contributed by atoms with Crippen LogP contribution in [0, 0.1) is 6.92 Å². The molecule has 0 saturated carbocycles. The number of nitrogens with one attached hydrogen (secondary N) is 1. The fourth-order valence-corrected chi connectivity index (χ4v) is 5.49. The van der Waals surface area contributed by atoms with E-state index in [1.807, 2.05) is 29.8 Å². The van der Waals surface area contributed by atoms with Gasteiger partial charge >= 0.3 is 0 Å². The summed E-state index contributed by atoms with van der Waals surface area (Å²) in [5.41, 5.74) is 4.29. The molecule has 34 heavy (non-hydrogen) atoms. The lowest BCUT2D eigenvalue weighted by molar-refractivity contribution is 0.0944. The van der Waals surface area contributed by atoms with Gasteiger partial charge in [0.05, 0.1) is 29.4 Å². The molecule has 1 unspecified atom stereocenters. The Balaban J connectivity index is 1.71. The molecule has 2 N–H and O–H groups in total. The molecule has 1 atom stereocenters. The maximum atomic E-state index is 13.9. The summed E-state index contributed by atoms with van der Waals surface area (Å²) in [6, 6.07) is 18.6. The number of rotatable bonds is 8. The lowest BCUT2D eigenvalue weighted by atomic mass is 9.71. The van der Waals surface area contributed by atoms with Crippen molar-refractivity contribution >= 4 is 11.6 Å². The summed E-state index contributed by atoms with van der Waals surface area (Å²) in [6.45, 7) is 10.7. The van der Waals surface area contributed by atoms with Gasteiger partial charge in [-0.25, -0.2) is 4.68 Å². The van der Waals surface area contributed by atoms with Crippen LogP contribution in [-0.2, 0) is 17.6 Å². The maximum absolute atomic E-state index is 13.9. The molecule has 0 amide bonds. The standard InChI is InChI=1S/C29H37N3O2/c1-6-29(7-2,23-15-13-21(19-33)14-16-23)18-25(34)26-20(3)31-32-27(26)30-24(17-28(32,4)5)22-11-9-8-10-12-22/h8-16,24,30,33H,6-7,17-19H2,1-5H3. The van der Waals surface area contributed by atoms with Gasteiger partial charge in [0.15, 0.2) is 5.78 Å². The molecule has 180 valence electrons. The molecule has 3 aromatic rings. The Bertz CT molecular complexity index is 1140. The van der Waals surface area contributed by atoms with E-state index in [0.29, 0.717) is 12.0 Å². The molecule has 4 rings (SSSR count). The summed E-state index contributed by atoms with van der Waals surface area (Å²) in [5, 5.41) is 17.9. The van der Waals surface area contributed by atoms with Gasteiger partial charge in [0.1, 0.15) is 5.82 Å². The van der Waals surface area contributed by atoms with Crippen molar-refractivity contribution in [2.75, 3.05) is 5.32 Å². The van der Waals surface area contributed by atoms with Crippen molar-refractivity contribution in [1.29, 1.82) is 0 Å². The fraction of sp³-hybridized carbons (Fsp3) is 0.448. The van der Waals surface area contributed by atoms with Crippen LogP contribution in [0.2, 0.25) is 0 Å². The van der Waals surface area contributed by atoms with Gasteiger partial charge in [0, 0.05) is 11.8 Å². The SMILES string of the molecule is CCC(CC)(CC(=O)c1c(C)nn2c1NC(c1ccccc1)CC2(C)C)c1ccc(CO)cc1. The van der Waals surface area contributed by atoms with Crippen LogP contribution in [0.15, 0.2) is 54.6 Å². The van der Waals surface area contributed by atoms with Crippen molar-refractivity contribution in [1.82, 2.24) is 9.78 Å². The smallest absolute Gasteiger partial charge is 0.169 e. The number of fused-ring (bicyclic) bond motifs is 1. The molecule has 0 spiro atoms. The first-order valence-corrected chi connectivity index (χ1v) is 12.4. The fourth-order valence-electron chi connectivity index (χ4n) is 5.49. The number of Topliss-reactive ketones (excluding diaryl/α,β-unsaturated/α-hetero) is 1. The lowest BCUT2D eigenvalue weighted by Gasteiger charge is -2.38. The minimum absolute atomic E-state index is 0.0240. The maximum Gasteiger partial charge on any atom is 0.169 e. The minimum atomic E-state index is -0.255. The van der Waals surface area contributed by atoms with E-state index >= 15 is 0 Å².